The molecular weight excluding hydrogens is 448 g/mol. The van der Waals surface area contributed by atoms with E-state index in [-0.39, 0.29) is 49.9 Å². The zero-order chi connectivity index (χ0) is 36.5. The van der Waals surface area contributed by atoms with E-state index in [2.05, 4.69) is 0 Å². The Balaban J connectivity index is 1.59. The Morgan fingerprint density at radius 2 is 1.05 bits per heavy atom. The van der Waals surface area contributed by atoms with Crippen molar-refractivity contribution in [1.29, 1.82) is 0 Å². The van der Waals surface area contributed by atoms with Crippen molar-refractivity contribution in [3.63, 3.8) is 0 Å². The minimum absolute atomic E-state index is 0.0251. The van der Waals surface area contributed by atoms with Gasteiger partial charge in [-0.15, -0.1) is 0 Å². The molecule has 1 nitrogen and oxygen atoms in total. The number of benzene rings is 7. The fourth-order valence-electron chi connectivity index (χ4n) is 5.03. The molecule has 0 unspecified atom stereocenters. The Hall–Kier alpha value is -4.88. The minimum atomic E-state index is -0.562. The Morgan fingerprint density at radius 1 is 0.432 bits per heavy atom. The molecule has 0 atom stereocenters. The molecule has 0 N–H and O–H groups in total. The van der Waals surface area contributed by atoms with Gasteiger partial charge in [-0.05, 0) is 78.7 Å². The summed E-state index contributed by atoms with van der Waals surface area (Å²) in [5.74, 6) is 0. The first kappa shape index (κ1) is 11.0. The average molecular weight is 485 g/mol. The summed E-state index contributed by atoms with van der Waals surface area (Å²) in [6.45, 7) is 0. The van der Waals surface area contributed by atoms with Crippen molar-refractivity contribution in [3.8, 4) is 22.3 Å². The quantitative estimate of drug-likeness (QED) is 0.222. The summed E-state index contributed by atoms with van der Waals surface area (Å²) in [5.41, 5.74) is 0.0821. The summed E-state index contributed by atoms with van der Waals surface area (Å²) in [5, 5.41) is 1.16. The second-order valence-electron chi connectivity index (χ2n) is 8.60. The zero-order valence-electron chi connectivity index (χ0n) is 33.0. The van der Waals surface area contributed by atoms with E-state index in [0.29, 0.717) is 32.7 Å². The first-order valence-electron chi connectivity index (χ1n) is 18.6. The monoisotopic (exact) mass is 484 g/mol. The molecule has 8 rings (SSSR count). The standard InChI is InChI=1S/C36H22O/c1-2-10-23(11-3-1)35-28-13-4-6-15-30(28)36(31-16-7-5-14-29(31)35)25-19-18-24-22-34-32(21-26(24)20-25)27-12-8-9-17-33(27)37-34/h1-22H/i1D,2D,3D,8D,9D,10D,11D,12D,17D,18D,19D,20D,21D,22D. The van der Waals surface area contributed by atoms with Gasteiger partial charge in [0.15, 0.2) is 0 Å². The van der Waals surface area contributed by atoms with E-state index in [1.165, 1.54) is 0 Å². The van der Waals surface area contributed by atoms with Crippen LogP contribution < -0.4 is 0 Å². The normalized spacial score (nSPS) is 17.1. The predicted molar refractivity (Wildman–Crippen MR) is 157 cm³/mol. The second-order valence-corrected chi connectivity index (χ2v) is 8.60. The lowest BCUT2D eigenvalue weighted by Gasteiger charge is -2.18. The lowest BCUT2D eigenvalue weighted by molar-refractivity contribution is 0.669. The highest BCUT2D eigenvalue weighted by Crippen LogP contribution is 2.44. The second kappa shape index (κ2) is 7.81. The molecule has 1 aromatic heterocycles. The topological polar surface area (TPSA) is 13.1 Å². The van der Waals surface area contributed by atoms with Gasteiger partial charge >= 0.3 is 0 Å². The van der Waals surface area contributed by atoms with Crippen molar-refractivity contribution in [3.05, 3.63) is 133 Å². The highest BCUT2D eigenvalue weighted by Gasteiger charge is 2.17. The molecule has 0 saturated carbocycles. The largest absolute Gasteiger partial charge is 0.456 e. The van der Waals surface area contributed by atoms with Crippen LogP contribution in [0.1, 0.15) is 19.2 Å². The summed E-state index contributed by atoms with van der Waals surface area (Å²) in [4.78, 5) is 0. The van der Waals surface area contributed by atoms with Crippen molar-refractivity contribution in [2.45, 2.75) is 0 Å². The van der Waals surface area contributed by atoms with Gasteiger partial charge in [0, 0.05) is 10.8 Å². The van der Waals surface area contributed by atoms with Gasteiger partial charge in [-0.2, -0.15) is 0 Å². The third kappa shape index (κ3) is 3.04. The van der Waals surface area contributed by atoms with Crippen molar-refractivity contribution in [1.82, 2.24) is 0 Å². The number of hydrogen-bond acceptors (Lipinski definition) is 1. The SMILES string of the molecule is [2H]c1c([2H])c([2H])c(-c2c3ccccc3c(-c3c([2H])c([2H])c4c([2H])c5oc6c([2H])c([2H])c([2H])c([2H])c6c5c([2H])c4c3[2H])c3ccccc23)c([2H])c1[2H]. The number of hydrogen-bond donors (Lipinski definition) is 0. The predicted octanol–water partition coefficient (Wildman–Crippen LogP) is 10.4. The number of para-hydroxylation sites is 1. The van der Waals surface area contributed by atoms with Gasteiger partial charge in [-0.25, -0.2) is 0 Å². The van der Waals surface area contributed by atoms with Crippen LogP contribution in [-0.2, 0) is 0 Å². The number of rotatable bonds is 2. The van der Waals surface area contributed by atoms with Crippen molar-refractivity contribution in [2.75, 3.05) is 0 Å². The molecule has 172 valence electrons. The van der Waals surface area contributed by atoms with Crippen LogP contribution in [0, 0.1) is 0 Å². The molecule has 0 aliphatic carbocycles. The molecule has 0 aliphatic heterocycles. The molecular formula is C36H22O. The third-order valence-electron chi connectivity index (χ3n) is 6.57. The Labute approximate surface area is 233 Å². The summed E-state index contributed by atoms with van der Waals surface area (Å²) in [6.07, 6.45) is 0. The van der Waals surface area contributed by atoms with E-state index in [9.17, 15) is 4.11 Å². The van der Waals surface area contributed by atoms with Crippen LogP contribution in [0.3, 0.4) is 0 Å². The van der Waals surface area contributed by atoms with Gasteiger partial charge in [0.1, 0.15) is 11.2 Å². The van der Waals surface area contributed by atoms with Crippen LogP contribution in [0.15, 0.2) is 138 Å². The molecule has 0 radical (unpaired) electrons. The van der Waals surface area contributed by atoms with Crippen LogP contribution in [0.2, 0.25) is 0 Å². The minimum Gasteiger partial charge on any atom is -0.456 e. The molecule has 0 amide bonds. The first-order valence-corrected chi connectivity index (χ1v) is 11.6. The lowest BCUT2D eigenvalue weighted by atomic mass is 9.85. The van der Waals surface area contributed by atoms with Crippen LogP contribution in [0.5, 0.6) is 0 Å². The van der Waals surface area contributed by atoms with Crippen molar-refractivity contribution < 1.29 is 23.6 Å². The van der Waals surface area contributed by atoms with Gasteiger partial charge in [0.05, 0.1) is 19.2 Å². The van der Waals surface area contributed by atoms with Crippen molar-refractivity contribution >= 4 is 54.3 Å². The van der Waals surface area contributed by atoms with Gasteiger partial charge in [0.25, 0.3) is 0 Å². The first-order chi connectivity index (χ1) is 24.2. The average Bonchev–Trinajstić information content (AvgIpc) is 3.54. The molecule has 0 fully saturated rings. The van der Waals surface area contributed by atoms with Crippen LogP contribution in [0.4, 0.5) is 0 Å². The van der Waals surface area contributed by atoms with E-state index in [1.54, 1.807) is 48.5 Å². The molecule has 0 spiro atoms. The van der Waals surface area contributed by atoms with Crippen LogP contribution in [-0.4, -0.2) is 0 Å². The van der Waals surface area contributed by atoms with Crippen LogP contribution >= 0.6 is 0 Å². The van der Waals surface area contributed by atoms with Gasteiger partial charge in [-0.3, -0.25) is 0 Å². The van der Waals surface area contributed by atoms with E-state index < -0.39 is 78.6 Å². The molecule has 0 aliphatic rings. The molecule has 1 heteroatoms. The highest BCUT2D eigenvalue weighted by atomic mass is 16.3. The Bertz CT molecular complexity index is 2830. The summed E-state index contributed by atoms with van der Waals surface area (Å²) in [6, 6.07) is 7.17. The molecule has 37 heavy (non-hydrogen) atoms. The smallest absolute Gasteiger partial charge is 0.136 e. The van der Waals surface area contributed by atoms with E-state index in [1.807, 2.05) is 0 Å². The number of fused-ring (bicyclic) bond motifs is 6. The van der Waals surface area contributed by atoms with E-state index in [4.69, 9.17) is 19.5 Å². The van der Waals surface area contributed by atoms with Crippen LogP contribution in [0.25, 0.3) is 76.5 Å². The summed E-state index contributed by atoms with van der Waals surface area (Å²) >= 11 is 0. The molecule has 7 aromatic carbocycles. The molecule has 1 heterocycles. The number of furan rings is 1. The Kier molecular flexibility index (Phi) is 2.33. The van der Waals surface area contributed by atoms with E-state index >= 15 is 0 Å². The van der Waals surface area contributed by atoms with Crippen molar-refractivity contribution in [2.24, 2.45) is 0 Å². The maximum absolute atomic E-state index is 9.56. The Morgan fingerprint density at radius 3 is 1.76 bits per heavy atom. The van der Waals surface area contributed by atoms with Gasteiger partial charge < -0.3 is 4.42 Å². The fraction of sp³-hybridized carbons (Fsp3) is 0. The van der Waals surface area contributed by atoms with Gasteiger partial charge in [0.2, 0.25) is 0 Å². The lowest BCUT2D eigenvalue weighted by Crippen LogP contribution is -1.90. The summed E-state index contributed by atoms with van der Waals surface area (Å²) in [7, 11) is 0. The zero-order valence-corrected chi connectivity index (χ0v) is 19.0. The third-order valence-corrected chi connectivity index (χ3v) is 6.57. The highest BCUT2D eigenvalue weighted by molar-refractivity contribution is 6.22. The fourth-order valence-corrected chi connectivity index (χ4v) is 5.03. The van der Waals surface area contributed by atoms with E-state index in [0.717, 1.165) is 0 Å². The maximum atomic E-state index is 9.56. The maximum Gasteiger partial charge on any atom is 0.136 e. The molecule has 0 bridgehead atoms. The molecule has 8 aromatic rings. The molecule has 0 saturated heterocycles. The summed E-state index contributed by atoms with van der Waals surface area (Å²) < 4.78 is 128. The van der Waals surface area contributed by atoms with Gasteiger partial charge in [-0.1, -0.05) is 109 Å².